The fraction of sp³-hybridized carbons (Fsp3) is 0.515. The molecule has 6 rings (SSSR count). The van der Waals surface area contributed by atoms with Gasteiger partial charge in [0.25, 0.3) is 11.5 Å². The van der Waals surface area contributed by atoms with Gasteiger partial charge in [0.2, 0.25) is 0 Å². The standard InChI is InChI=1S/C33H41FN4O2/c1-20(2)35-27-10-12-37(13-11-27)18-25-19-38(17-22-4-5-22)33(40)28-9-6-23(14-30(25)28)29-15-24(16-31(34)21(29)3)32(39)36-26-7-8-26/h6,9,14-16,19-20,22,26-27,35H,4-5,7-8,10-13,17-18H2,1-3H3,(H,36,39). The lowest BCUT2D eigenvalue weighted by atomic mass is 9.94. The summed E-state index contributed by atoms with van der Waals surface area (Å²) in [6.45, 7) is 9.71. The van der Waals surface area contributed by atoms with Gasteiger partial charge in [-0.25, -0.2) is 4.39 Å². The van der Waals surface area contributed by atoms with Crippen LogP contribution in [0.1, 0.15) is 73.9 Å². The average molecular weight is 545 g/mol. The molecule has 2 heterocycles. The second-order valence-corrected chi connectivity index (χ2v) is 12.6. The molecule has 212 valence electrons. The van der Waals surface area contributed by atoms with Crippen molar-refractivity contribution in [2.24, 2.45) is 5.92 Å². The van der Waals surface area contributed by atoms with Crippen LogP contribution < -0.4 is 16.2 Å². The molecule has 1 aliphatic heterocycles. The Labute approximate surface area is 235 Å². The molecule has 3 fully saturated rings. The number of nitrogens with one attached hydrogen (secondary N) is 2. The summed E-state index contributed by atoms with van der Waals surface area (Å²) in [5.41, 5.74) is 3.53. The molecular weight excluding hydrogens is 503 g/mol. The van der Waals surface area contributed by atoms with Gasteiger partial charge in [-0.2, -0.15) is 0 Å². The topological polar surface area (TPSA) is 66.4 Å². The first-order valence-electron chi connectivity index (χ1n) is 15.0. The third kappa shape index (κ3) is 6.01. The van der Waals surface area contributed by atoms with Crippen LogP contribution in [0.4, 0.5) is 4.39 Å². The maximum atomic E-state index is 15.1. The number of hydrogen-bond acceptors (Lipinski definition) is 4. The van der Waals surface area contributed by atoms with Gasteiger partial charge in [0.05, 0.1) is 0 Å². The highest BCUT2D eigenvalue weighted by Crippen LogP contribution is 2.33. The number of carbonyl (C=O) groups excluding carboxylic acids is 1. The Morgan fingerprint density at radius 2 is 1.75 bits per heavy atom. The number of rotatable bonds is 9. The molecule has 0 bridgehead atoms. The molecule has 6 nitrogen and oxygen atoms in total. The number of halogens is 1. The van der Waals surface area contributed by atoms with Crippen molar-refractivity contribution < 1.29 is 9.18 Å². The number of likely N-dealkylation sites (tertiary alicyclic amines) is 1. The van der Waals surface area contributed by atoms with Gasteiger partial charge in [0.15, 0.2) is 0 Å². The predicted octanol–water partition coefficient (Wildman–Crippen LogP) is 5.38. The summed E-state index contributed by atoms with van der Waals surface area (Å²) in [7, 11) is 0. The molecule has 1 saturated heterocycles. The van der Waals surface area contributed by atoms with E-state index in [4.69, 9.17) is 0 Å². The molecule has 0 spiro atoms. The predicted molar refractivity (Wildman–Crippen MR) is 158 cm³/mol. The van der Waals surface area contributed by atoms with E-state index in [-0.39, 0.29) is 17.5 Å². The summed E-state index contributed by atoms with van der Waals surface area (Å²) in [6.07, 6.45) is 8.61. The first-order valence-corrected chi connectivity index (χ1v) is 15.0. The molecule has 1 aromatic heterocycles. The highest BCUT2D eigenvalue weighted by Gasteiger charge is 2.26. The van der Waals surface area contributed by atoms with Crippen LogP contribution in [0.15, 0.2) is 41.3 Å². The molecule has 0 unspecified atom stereocenters. The molecule has 40 heavy (non-hydrogen) atoms. The van der Waals surface area contributed by atoms with Crippen LogP contribution in [0.5, 0.6) is 0 Å². The molecule has 1 amide bonds. The molecule has 2 aliphatic carbocycles. The Bertz CT molecular complexity index is 1480. The fourth-order valence-electron chi connectivity index (χ4n) is 6.05. The van der Waals surface area contributed by atoms with E-state index in [9.17, 15) is 9.59 Å². The van der Waals surface area contributed by atoms with Gasteiger partial charge in [-0.05, 0) is 116 Å². The van der Waals surface area contributed by atoms with E-state index in [0.29, 0.717) is 40.1 Å². The summed E-state index contributed by atoms with van der Waals surface area (Å²) in [6, 6.07) is 10.2. The second-order valence-electron chi connectivity index (χ2n) is 12.6. The number of benzene rings is 2. The zero-order valence-corrected chi connectivity index (χ0v) is 23.9. The van der Waals surface area contributed by atoms with Crippen molar-refractivity contribution in [3.8, 4) is 11.1 Å². The van der Waals surface area contributed by atoms with Crippen LogP contribution in [-0.4, -0.2) is 46.6 Å². The quantitative estimate of drug-likeness (QED) is 0.380. The van der Waals surface area contributed by atoms with Gasteiger partial charge in [-0.15, -0.1) is 0 Å². The minimum Gasteiger partial charge on any atom is -0.349 e. The maximum Gasteiger partial charge on any atom is 0.258 e. The summed E-state index contributed by atoms with van der Waals surface area (Å²) in [5, 5.41) is 8.27. The Morgan fingerprint density at radius 3 is 2.42 bits per heavy atom. The van der Waals surface area contributed by atoms with E-state index >= 15 is 4.39 Å². The van der Waals surface area contributed by atoms with Gasteiger partial charge < -0.3 is 15.2 Å². The van der Waals surface area contributed by atoms with E-state index in [1.54, 1.807) is 13.0 Å². The smallest absolute Gasteiger partial charge is 0.258 e. The fourth-order valence-corrected chi connectivity index (χ4v) is 6.05. The molecule has 3 aliphatic rings. The van der Waals surface area contributed by atoms with Crippen molar-refractivity contribution >= 4 is 16.7 Å². The largest absolute Gasteiger partial charge is 0.349 e. The molecule has 0 atom stereocenters. The Morgan fingerprint density at radius 1 is 1.00 bits per heavy atom. The van der Waals surface area contributed by atoms with Crippen molar-refractivity contribution in [2.45, 2.75) is 90.5 Å². The van der Waals surface area contributed by atoms with E-state index in [0.717, 1.165) is 68.4 Å². The second kappa shape index (κ2) is 11.1. The number of hydrogen-bond donors (Lipinski definition) is 2. The normalized spacial score (nSPS) is 18.5. The van der Waals surface area contributed by atoms with Crippen molar-refractivity contribution in [3.05, 3.63) is 69.4 Å². The number of piperidine rings is 1. The monoisotopic (exact) mass is 544 g/mol. The number of nitrogens with zero attached hydrogens (tertiary/aromatic N) is 2. The molecule has 2 aromatic carbocycles. The van der Waals surface area contributed by atoms with Crippen LogP contribution in [0.25, 0.3) is 21.9 Å². The number of amides is 1. The highest BCUT2D eigenvalue weighted by molar-refractivity contribution is 5.97. The first kappa shape index (κ1) is 27.2. The van der Waals surface area contributed by atoms with Crippen LogP contribution >= 0.6 is 0 Å². The summed E-state index contributed by atoms with van der Waals surface area (Å²) < 4.78 is 17.0. The lowest BCUT2D eigenvalue weighted by molar-refractivity contribution is 0.0950. The molecule has 3 aromatic rings. The van der Waals surface area contributed by atoms with Gasteiger partial charge in [0, 0.05) is 48.4 Å². The van der Waals surface area contributed by atoms with Gasteiger partial charge in [-0.1, -0.05) is 19.9 Å². The van der Waals surface area contributed by atoms with Crippen molar-refractivity contribution in [1.29, 1.82) is 0 Å². The number of pyridine rings is 1. The van der Waals surface area contributed by atoms with Crippen molar-refractivity contribution in [1.82, 2.24) is 20.1 Å². The lowest BCUT2D eigenvalue weighted by Crippen LogP contribution is -2.44. The van der Waals surface area contributed by atoms with Crippen LogP contribution in [0.2, 0.25) is 0 Å². The summed E-state index contributed by atoms with van der Waals surface area (Å²) >= 11 is 0. The van der Waals surface area contributed by atoms with E-state index < -0.39 is 5.82 Å². The molecule has 2 saturated carbocycles. The van der Waals surface area contributed by atoms with Crippen LogP contribution in [-0.2, 0) is 13.1 Å². The highest BCUT2D eigenvalue weighted by atomic mass is 19.1. The van der Waals surface area contributed by atoms with Crippen molar-refractivity contribution in [2.75, 3.05) is 13.1 Å². The molecule has 2 N–H and O–H groups in total. The van der Waals surface area contributed by atoms with Crippen molar-refractivity contribution in [3.63, 3.8) is 0 Å². The Hall–Kier alpha value is -3.03. The number of fused-ring (bicyclic) bond motifs is 1. The first-order chi connectivity index (χ1) is 19.2. The lowest BCUT2D eigenvalue weighted by Gasteiger charge is -2.33. The SMILES string of the molecule is Cc1c(F)cc(C(=O)NC2CC2)cc1-c1ccc2c(=O)n(CC3CC3)cc(CN3CCC(NC(C)C)CC3)c2c1. The minimum atomic E-state index is -0.392. The molecule has 0 radical (unpaired) electrons. The third-order valence-corrected chi connectivity index (χ3v) is 8.70. The minimum absolute atomic E-state index is 0.0394. The number of carbonyl (C=O) groups is 1. The van der Waals surface area contributed by atoms with Gasteiger partial charge in [-0.3, -0.25) is 14.5 Å². The van der Waals surface area contributed by atoms with Gasteiger partial charge >= 0.3 is 0 Å². The molecule has 7 heteroatoms. The summed E-state index contributed by atoms with van der Waals surface area (Å²) in [5.74, 6) is -0.0331. The maximum absolute atomic E-state index is 15.1. The van der Waals surface area contributed by atoms with Gasteiger partial charge in [0.1, 0.15) is 5.82 Å². The van der Waals surface area contributed by atoms with Crippen LogP contribution in [0, 0.1) is 18.7 Å². The van der Waals surface area contributed by atoms with Crippen LogP contribution in [0.3, 0.4) is 0 Å². The third-order valence-electron chi connectivity index (χ3n) is 8.70. The van der Waals surface area contributed by atoms with E-state index in [1.165, 1.54) is 18.9 Å². The zero-order valence-electron chi connectivity index (χ0n) is 23.9. The number of aromatic nitrogens is 1. The Balaban J connectivity index is 1.36. The summed E-state index contributed by atoms with van der Waals surface area (Å²) in [4.78, 5) is 28.8. The van der Waals surface area contributed by atoms with E-state index in [2.05, 4.69) is 35.6 Å². The average Bonchev–Trinajstić information content (AvgIpc) is 3.86. The van der Waals surface area contributed by atoms with E-state index in [1.807, 2.05) is 22.8 Å². The molecular formula is C33H41FN4O2. The zero-order chi connectivity index (χ0) is 28.0. The Kier molecular flexibility index (Phi) is 7.53.